The largest absolute Gasteiger partial charge is 0.336 e. The van der Waals surface area contributed by atoms with Gasteiger partial charge in [0.25, 0.3) is 5.91 Å². The third kappa shape index (κ3) is 4.35. The molecule has 0 saturated carbocycles. The molecule has 33 heavy (non-hydrogen) atoms. The van der Waals surface area contributed by atoms with Gasteiger partial charge in [0, 0.05) is 42.5 Å². The first-order chi connectivity index (χ1) is 16.0. The Morgan fingerprint density at radius 1 is 1.03 bits per heavy atom. The van der Waals surface area contributed by atoms with Crippen LogP contribution in [-0.2, 0) is 17.8 Å². The van der Waals surface area contributed by atoms with Gasteiger partial charge >= 0.3 is 0 Å². The average molecular weight is 478 g/mol. The number of amides is 2. The Hall–Kier alpha value is -2.90. The lowest BCUT2D eigenvalue weighted by atomic mass is 10.1. The molecule has 3 aromatic heterocycles. The van der Waals surface area contributed by atoms with Gasteiger partial charge in [-0.05, 0) is 53.9 Å². The van der Waals surface area contributed by atoms with Gasteiger partial charge in [-0.15, -0.1) is 22.7 Å². The topological polar surface area (TPSA) is 45.6 Å². The van der Waals surface area contributed by atoms with Gasteiger partial charge in [-0.1, -0.05) is 30.3 Å². The van der Waals surface area contributed by atoms with Gasteiger partial charge in [-0.25, -0.2) is 0 Å². The third-order valence-electron chi connectivity index (χ3n) is 6.45. The van der Waals surface area contributed by atoms with Gasteiger partial charge in [0.2, 0.25) is 5.91 Å². The minimum atomic E-state index is -0.00365. The summed E-state index contributed by atoms with van der Waals surface area (Å²) in [5.74, 6) is 0.185. The zero-order chi connectivity index (χ0) is 22.9. The van der Waals surface area contributed by atoms with Crippen molar-refractivity contribution < 1.29 is 9.59 Å². The molecule has 1 fully saturated rings. The van der Waals surface area contributed by atoms with Gasteiger partial charge in [-0.3, -0.25) is 9.59 Å². The van der Waals surface area contributed by atoms with Crippen molar-refractivity contribution in [1.82, 2.24) is 14.4 Å². The van der Waals surface area contributed by atoms with Crippen LogP contribution in [0, 0.1) is 6.92 Å². The van der Waals surface area contributed by atoms with E-state index in [9.17, 15) is 9.59 Å². The number of carbonyl (C=O) groups is 2. The molecule has 5 rings (SSSR count). The molecule has 2 amide bonds. The van der Waals surface area contributed by atoms with Crippen LogP contribution in [0.25, 0.3) is 10.2 Å². The lowest BCUT2D eigenvalue weighted by Crippen LogP contribution is -2.55. The molecule has 1 aromatic carbocycles. The number of benzene rings is 1. The summed E-state index contributed by atoms with van der Waals surface area (Å²) in [4.78, 5) is 32.5. The Labute approximate surface area is 201 Å². The summed E-state index contributed by atoms with van der Waals surface area (Å²) >= 11 is 3.28. The summed E-state index contributed by atoms with van der Waals surface area (Å²) in [6, 6.07) is 16.4. The maximum Gasteiger partial charge on any atom is 0.270 e. The normalized spacial score (nSPS) is 16.5. The van der Waals surface area contributed by atoms with E-state index in [1.165, 1.54) is 11.1 Å². The van der Waals surface area contributed by atoms with E-state index in [0.717, 1.165) is 20.8 Å². The lowest BCUT2D eigenvalue weighted by Gasteiger charge is -2.40. The van der Waals surface area contributed by atoms with Crippen molar-refractivity contribution in [3.8, 4) is 0 Å². The van der Waals surface area contributed by atoms with E-state index in [1.807, 2.05) is 52.4 Å². The van der Waals surface area contributed by atoms with Gasteiger partial charge in [0.15, 0.2) is 0 Å². The average Bonchev–Trinajstić information content (AvgIpc) is 3.54. The fourth-order valence-corrected chi connectivity index (χ4v) is 6.20. The van der Waals surface area contributed by atoms with Crippen molar-refractivity contribution in [3.63, 3.8) is 0 Å². The predicted octanol–water partition coefficient (Wildman–Crippen LogP) is 5.04. The highest BCUT2D eigenvalue weighted by atomic mass is 32.1. The Kier molecular flexibility index (Phi) is 6.08. The number of rotatable bonds is 5. The number of hydrogen-bond donors (Lipinski definition) is 0. The molecule has 0 spiro atoms. The number of hydrogen-bond acceptors (Lipinski definition) is 4. The highest BCUT2D eigenvalue weighted by molar-refractivity contribution is 7.16. The summed E-state index contributed by atoms with van der Waals surface area (Å²) in [7, 11) is 0. The number of nitrogens with zero attached hydrogens (tertiary/aromatic N) is 3. The summed E-state index contributed by atoms with van der Waals surface area (Å²) in [5, 5.41) is 5.18. The van der Waals surface area contributed by atoms with Crippen LogP contribution in [0.15, 0.2) is 59.3 Å². The van der Waals surface area contributed by atoms with Crippen molar-refractivity contribution in [2.75, 3.05) is 19.6 Å². The molecule has 4 heterocycles. The summed E-state index contributed by atoms with van der Waals surface area (Å²) in [6.45, 7) is 6.51. The van der Waals surface area contributed by atoms with Crippen LogP contribution >= 0.6 is 22.7 Å². The van der Waals surface area contributed by atoms with Gasteiger partial charge < -0.3 is 14.4 Å². The number of carbonyl (C=O) groups excluding carboxylic acids is 2. The van der Waals surface area contributed by atoms with Crippen LogP contribution in [-0.4, -0.2) is 51.9 Å². The van der Waals surface area contributed by atoms with Crippen LogP contribution in [0.2, 0.25) is 0 Å². The molecule has 0 unspecified atom stereocenters. The van der Waals surface area contributed by atoms with Crippen molar-refractivity contribution in [2.45, 2.75) is 32.9 Å². The number of aryl methyl sites for hydroxylation is 1. The van der Waals surface area contributed by atoms with E-state index in [2.05, 4.69) is 35.1 Å². The summed E-state index contributed by atoms with van der Waals surface area (Å²) in [6.07, 6.45) is 0.436. The molecule has 1 saturated heterocycles. The molecular formula is C26H27N3O2S2. The summed E-state index contributed by atoms with van der Waals surface area (Å²) < 4.78 is 2.16. The van der Waals surface area contributed by atoms with E-state index >= 15 is 0 Å². The van der Waals surface area contributed by atoms with Gasteiger partial charge in [0.05, 0.1) is 6.42 Å². The van der Waals surface area contributed by atoms with Crippen LogP contribution in [0.5, 0.6) is 0 Å². The molecule has 0 N–H and O–H groups in total. The number of fused-ring (bicyclic) bond motifs is 1. The minimum Gasteiger partial charge on any atom is -0.336 e. The first-order valence-corrected chi connectivity index (χ1v) is 13.0. The zero-order valence-electron chi connectivity index (χ0n) is 18.9. The molecule has 4 aromatic rings. The SMILES string of the molecule is Cc1ccccc1Cn1c(C(=O)N2CCN(C(=O)Cc3cccs3)[C@H](C)C2)cc2ccsc21. The van der Waals surface area contributed by atoms with Crippen molar-refractivity contribution in [1.29, 1.82) is 0 Å². The van der Waals surface area contributed by atoms with Crippen molar-refractivity contribution in [2.24, 2.45) is 0 Å². The van der Waals surface area contributed by atoms with E-state index in [0.29, 0.717) is 32.6 Å². The van der Waals surface area contributed by atoms with E-state index in [-0.39, 0.29) is 17.9 Å². The minimum absolute atomic E-state index is 0.00365. The van der Waals surface area contributed by atoms with Crippen LogP contribution < -0.4 is 0 Å². The lowest BCUT2D eigenvalue weighted by molar-refractivity contribution is -0.134. The van der Waals surface area contributed by atoms with Crippen molar-refractivity contribution in [3.05, 3.63) is 81.0 Å². The second-order valence-electron chi connectivity index (χ2n) is 8.67. The molecule has 0 aliphatic carbocycles. The Bertz CT molecular complexity index is 1290. The zero-order valence-corrected chi connectivity index (χ0v) is 20.5. The smallest absolute Gasteiger partial charge is 0.270 e. The van der Waals surface area contributed by atoms with Crippen LogP contribution in [0.4, 0.5) is 0 Å². The monoisotopic (exact) mass is 477 g/mol. The summed E-state index contributed by atoms with van der Waals surface area (Å²) in [5.41, 5.74) is 3.17. The maximum atomic E-state index is 13.6. The van der Waals surface area contributed by atoms with Gasteiger partial charge in [-0.2, -0.15) is 0 Å². The second-order valence-corrected chi connectivity index (χ2v) is 10.6. The molecule has 1 aliphatic heterocycles. The van der Waals surface area contributed by atoms with E-state index < -0.39 is 0 Å². The third-order valence-corrected chi connectivity index (χ3v) is 8.28. The number of thiophene rings is 2. The Morgan fingerprint density at radius 2 is 1.88 bits per heavy atom. The maximum absolute atomic E-state index is 13.6. The number of aromatic nitrogens is 1. The van der Waals surface area contributed by atoms with Crippen LogP contribution in [0.1, 0.15) is 33.4 Å². The molecule has 170 valence electrons. The fraction of sp³-hybridized carbons (Fsp3) is 0.308. The van der Waals surface area contributed by atoms with E-state index in [4.69, 9.17) is 0 Å². The molecule has 0 bridgehead atoms. The second kappa shape index (κ2) is 9.15. The Balaban J connectivity index is 1.35. The molecule has 1 aliphatic rings. The van der Waals surface area contributed by atoms with Crippen molar-refractivity contribution >= 4 is 44.7 Å². The fourth-order valence-electron chi connectivity index (χ4n) is 4.61. The molecule has 7 heteroatoms. The highest BCUT2D eigenvalue weighted by Crippen LogP contribution is 2.28. The number of piperazine rings is 1. The standard InChI is InChI=1S/C26H27N3O2S2/c1-18-6-3-4-7-21(18)17-29-23(14-20-9-13-33-26(20)29)25(31)27-10-11-28(19(2)16-27)24(30)15-22-8-5-12-32-22/h3-9,12-14,19H,10-11,15-17H2,1-2H3/t19-/m1/s1. The first kappa shape index (κ1) is 21.9. The quantitative estimate of drug-likeness (QED) is 0.404. The predicted molar refractivity (Wildman–Crippen MR) is 135 cm³/mol. The molecule has 0 radical (unpaired) electrons. The van der Waals surface area contributed by atoms with Gasteiger partial charge in [0.1, 0.15) is 10.5 Å². The molecule has 5 nitrogen and oxygen atoms in total. The molecule has 1 atom stereocenters. The van der Waals surface area contributed by atoms with Crippen LogP contribution in [0.3, 0.4) is 0 Å². The Morgan fingerprint density at radius 3 is 2.64 bits per heavy atom. The first-order valence-electron chi connectivity index (χ1n) is 11.2. The highest BCUT2D eigenvalue weighted by Gasteiger charge is 2.31. The molecular weight excluding hydrogens is 450 g/mol. The van der Waals surface area contributed by atoms with E-state index in [1.54, 1.807) is 22.7 Å².